The lowest BCUT2D eigenvalue weighted by atomic mass is 9.94. The molecule has 0 saturated carbocycles. The van der Waals surface area contributed by atoms with Crippen molar-refractivity contribution in [1.82, 2.24) is 25.4 Å². The number of rotatable bonds is 9. The van der Waals surface area contributed by atoms with Crippen LogP contribution >= 0.6 is 0 Å². The molecule has 0 spiro atoms. The van der Waals surface area contributed by atoms with E-state index < -0.39 is 0 Å². The number of allylic oxidation sites excluding steroid dienone is 1. The number of carbonyl (C=O) groups excluding carboxylic acids is 1. The van der Waals surface area contributed by atoms with E-state index in [-0.39, 0.29) is 0 Å². The Labute approximate surface area is 256 Å². The molecule has 1 unspecified atom stereocenters. The van der Waals surface area contributed by atoms with Gasteiger partial charge in [-0.15, -0.1) is 10.2 Å². The molecule has 1 aromatic heterocycles. The van der Waals surface area contributed by atoms with Gasteiger partial charge in [0.15, 0.2) is 5.82 Å². The van der Waals surface area contributed by atoms with E-state index in [1.807, 2.05) is 42.5 Å². The number of nitrogens with one attached hydrogen (secondary N) is 2. The van der Waals surface area contributed by atoms with E-state index >= 15 is 0 Å². The number of carbonyl (C=O) groups is 1. The third-order valence-corrected chi connectivity index (χ3v) is 7.81. The van der Waals surface area contributed by atoms with Gasteiger partial charge in [-0.25, -0.2) is 0 Å². The molecule has 1 saturated heterocycles. The summed E-state index contributed by atoms with van der Waals surface area (Å²) in [6.07, 6.45) is 12.0. The highest BCUT2D eigenvalue weighted by molar-refractivity contribution is 5.59. The molecule has 1 aliphatic heterocycles. The van der Waals surface area contributed by atoms with Crippen molar-refractivity contribution in [2.45, 2.75) is 71.5 Å². The van der Waals surface area contributed by atoms with Gasteiger partial charge in [-0.05, 0) is 92.4 Å². The number of ether oxygens (including phenoxy) is 1. The predicted molar refractivity (Wildman–Crippen MR) is 174 cm³/mol. The highest BCUT2D eigenvalue weighted by Crippen LogP contribution is 2.21. The average molecular weight is 580 g/mol. The van der Waals surface area contributed by atoms with Crippen LogP contribution in [-0.4, -0.2) is 40.9 Å². The number of hydrogen-bond acceptors (Lipinski definition) is 5. The first-order valence-electron chi connectivity index (χ1n) is 15.3. The highest BCUT2D eigenvalue weighted by atomic mass is 16.5. The van der Waals surface area contributed by atoms with Gasteiger partial charge in [-0.2, -0.15) is 0 Å². The second kappa shape index (κ2) is 17.0. The van der Waals surface area contributed by atoms with E-state index in [0.29, 0.717) is 19.5 Å². The number of fused-ring (bicyclic) bond motifs is 1. The lowest BCUT2D eigenvalue weighted by Gasteiger charge is -2.11. The standard InChI is InChI=1S/C20H22N4O2.C11H12.C5H11N/c1-26-18-10-7-17(8-11-18)14-24-19(22-23-20(24)13-21-15-25)12-9-16-5-3-2-4-6-16;1-9-5-4-7-10-6-2-3-8-11(9)10;1-5-3-2-4-6-5/h2-8,10-11,15H,9,12-14H2,1H3,(H,21,25);3-5,7-8H,2,6H2,1H3;5-6H,2-4H2,1H3. The maximum Gasteiger partial charge on any atom is 0.207 e. The zero-order chi connectivity index (χ0) is 30.3. The van der Waals surface area contributed by atoms with Crippen molar-refractivity contribution >= 4 is 12.5 Å². The van der Waals surface area contributed by atoms with Crippen LogP contribution in [0.25, 0.3) is 6.08 Å². The third kappa shape index (κ3) is 9.93. The summed E-state index contributed by atoms with van der Waals surface area (Å²) in [6.45, 7) is 6.65. The SMILES string of the molecule is CC1CCCN1.COc1ccc(Cn2c(CCc3ccccc3)nnc2CNC=O)cc1.Cc1cccc2c1C=CCC2. The second-order valence-electron chi connectivity index (χ2n) is 11.0. The second-order valence-corrected chi connectivity index (χ2v) is 11.0. The van der Waals surface area contributed by atoms with Crippen molar-refractivity contribution in [1.29, 1.82) is 0 Å². The number of aryl methyl sites for hydroxylation is 4. The molecule has 43 heavy (non-hydrogen) atoms. The first-order valence-corrected chi connectivity index (χ1v) is 15.3. The van der Waals surface area contributed by atoms with E-state index in [4.69, 9.17) is 4.74 Å². The van der Waals surface area contributed by atoms with Gasteiger partial charge in [0.05, 0.1) is 20.2 Å². The third-order valence-electron chi connectivity index (χ3n) is 7.81. The van der Waals surface area contributed by atoms with Crippen molar-refractivity contribution in [2.24, 2.45) is 0 Å². The summed E-state index contributed by atoms with van der Waals surface area (Å²) in [6, 6.07) is 25.6. The Balaban J connectivity index is 0.000000201. The van der Waals surface area contributed by atoms with Crippen molar-refractivity contribution < 1.29 is 9.53 Å². The largest absolute Gasteiger partial charge is 0.497 e. The molecule has 7 nitrogen and oxygen atoms in total. The Morgan fingerprint density at radius 2 is 1.77 bits per heavy atom. The van der Waals surface area contributed by atoms with Gasteiger partial charge in [0, 0.05) is 12.5 Å². The van der Waals surface area contributed by atoms with Gasteiger partial charge >= 0.3 is 0 Å². The molecule has 6 rings (SSSR count). The van der Waals surface area contributed by atoms with Crippen molar-refractivity contribution in [3.8, 4) is 5.75 Å². The molecule has 0 radical (unpaired) electrons. The van der Waals surface area contributed by atoms with Crippen LogP contribution < -0.4 is 15.4 Å². The van der Waals surface area contributed by atoms with Gasteiger partial charge in [-0.1, -0.05) is 72.8 Å². The monoisotopic (exact) mass is 579 g/mol. The van der Waals surface area contributed by atoms with Crippen molar-refractivity contribution in [3.63, 3.8) is 0 Å². The zero-order valence-electron chi connectivity index (χ0n) is 25.8. The van der Waals surface area contributed by atoms with Crippen LogP contribution in [-0.2, 0) is 37.1 Å². The molecule has 2 aliphatic rings. The molecular formula is C36H45N5O2. The zero-order valence-corrected chi connectivity index (χ0v) is 25.8. The Bertz CT molecular complexity index is 1420. The van der Waals surface area contributed by atoms with Crippen LogP contribution in [0.3, 0.4) is 0 Å². The first-order chi connectivity index (χ1) is 21.1. The van der Waals surface area contributed by atoms with Crippen LogP contribution in [0.4, 0.5) is 0 Å². The summed E-state index contributed by atoms with van der Waals surface area (Å²) >= 11 is 0. The summed E-state index contributed by atoms with van der Waals surface area (Å²) in [7, 11) is 1.65. The van der Waals surface area contributed by atoms with Crippen molar-refractivity contribution in [3.05, 3.63) is 118 Å². The molecule has 2 N–H and O–H groups in total. The highest BCUT2D eigenvalue weighted by Gasteiger charge is 2.13. The molecule has 4 aromatic rings. The van der Waals surface area contributed by atoms with Crippen LogP contribution in [0, 0.1) is 6.92 Å². The number of benzene rings is 3. The summed E-state index contributed by atoms with van der Waals surface area (Å²) in [4.78, 5) is 10.7. The molecule has 7 heteroatoms. The number of hydrogen-bond donors (Lipinski definition) is 2. The summed E-state index contributed by atoms with van der Waals surface area (Å²) in [5, 5.41) is 14.6. The number of aromatic nitrogens is 3. The van der Waals surface area contributed by atoms with Crippen LogP contribution in [0.1, 0.15) is 65.7 Å². The lowest BCUT2D eigenvalue weighted by Crippen LogP contribution is -2.17. The maximum absolute atomic E-state index is 10.7. The normalized spacial score (nSPS) is 14.9. The molecule has 2 heterocycles. The fraction of sp³-hybridized carbons (Fsp3) is 0.361. The Hall–Kier alpha value is -4.23. The van der Waals surface area contributed by atoms with Gasteiger partial charge in [-0.3, -0.25) is 4.79 Å². The van der Waals surface area contributed by atoms with Gasteiger partial charge < -0.3 is 19.9 Å². The number of amides is 1. The molecule has 0 bridgehead atoms. The van der Waals surface area contributed by atoms with Gasteiger partial charge in [0.1, 0.15) is 11.6 Å². The Morgan fingerprint density at radius 1 is 0.977 bits per heavy atom. The molecule has 1 fully saturated rings. The number of nitrogens with zero attached hydrogens (tertiary/aromatic N) is 3. The molecular weight excluding hydrogens is 534 g/mol. The van der Waals surface area contributed by atoms with Gasteiger partial charge in [0.2, 0.25) is 6.41 Å². The minimum atomic E-state index is 0.359. The Kier molecular flexibility index (Phi) is 12.5. The van der Waals surface area contributed by atoms with E-state index in [2.05, 4.69) is 81.7 Å². The average Bonchev–Trinajstić information content (AvgIpc) is 3.69. The van der Waals surface area contributed by atoms with Gasteiger partial charge in [0.25, 0.3) is 0 Å². The topological polar surface area (TPSA) is 81.1 Å². The van der Waals surface area contributed by atoms with E-state index in [1.54, 1.807) is 7.11 Å². The first kappa shape index (κ1) is 31.7. The smallest absolute Gasteiger partial charge is 0.207 e. The van der Waals surface area contributed by atoms with Crippen LogP contribution in [0.15, 0.2) is 78.9 Å². The van der Waals surface area contributed by atoms with Crippen LogP contribution in [0.5, 0.6) is 5.75 Å². The van der Waals surface area contributed by atoms with E-state index in [1.165, 1.54) is 54.5 Å². The van der Waals surface area contributed by atoms with Crippen LogP contribution in [0.2, 0.25) is 0 Å². The minimum absolute atomic E-state index is 0.359. The molecule has 3 aromatic carbocycles. The molecule has 1 amide bonds. The fourth-order valence-corrected chi connectivity index (χ4v) is 5.31. The van der Waals surface area contributed by atoms with Crippen molar-refractivity contribution in [2.75, 3.05) is 13.7 Å². The molecule has 1 aliphatic carbocycles. The number of methoxy groups -OCH3 is 1. The van der Waals surface area contributed by atoms with E-state index in [0.717, 1.165) is 41.8 Å². The summed E-state index contributed by atoms with van der Waals surface area (Å²) < 4.78 is 7.28. The Morgan fingerprint density at radius 3 is 2.42 bits per heavy atom. The lowest BCUT2D eigenvalue weighted by molar-refractivity contribution is -0.109. The quantitative estimate of drug-likeness (QED) is 0.235. The molecule has 1 atom stereocenters. The summed E-state index contributed by atoms with van der Waals surface area (Å²) in [5.74, 6) is 2.48. The molecule has 226 valence electrons. The van der Waals surface area contributed by atoms with E-state index in [9.17, 15) is 4.79 Å². The minimum Gasteiger partial charge on any atom is -0.497 e. The predicted octanol–water partition coefficient (Wildman–Crippen LogP) is 6.08. The summed E-state index contributed by atoms with van der Waals surface area (Å²) in [5.41, 5.74) is 6.74. The maximum atomic E-state index is 10.7. The fourth-order valence-electron chi connectivity index (χ4n) is 5.31.